The van der Waals surface area contributed by atoms with E-state index < -0.39 is 17.5 Å². The number of carbonyl (C=O) groups is 2. The van der Waals surface area contributed by atoms with Crippen molar-refractivity contribution >= 4 is 11.9 Å². The fraction of sp³-hybridized carbons (Fsp3) is 0.429. The molecule has 0 saturated carbocycles. The van der Waals surface area contributed by atoms with Crippen LogP contribution in [-0.2, 0) is 9.53 Å². The maximum atomic E-state index is 12.9. The van der Waals surface area contributed by atoms with Gasteiger partial charge in [0.25, 0.3) is 5.91 Å². The van der Waals surface area contributed by atoms with Gasteiger partial charge < -0.3 is 14.7 Å². The zero-order valence-electron chi connectivity index (χ0n) is 11.3. The third-order valence-electron chi connectivity index (χ3n) is 3.59. The van der Waals surface area contributed by atoms with Crippen molar-refractivity contribution in [2.24, 2.45) is 11.8 Å². The average molecular weight is 281 g/mol. The lowest BCUT2D eigenvalue weighted by molar-refractivity contribution is -0.146. The van der Waals surface area contributed by atoms with Crippen molar-refractivity contribution in [3.05, 3.63) is 29.6 Å². The smallest absolute Gasteiger partial charge is 0.310 e. The van der Waals surface area contributed by atoms with Crippen molar-refractivity contribution in [1.29, 1.82) is 0 Å². The minimum absolute atomic E-state index is 0.0195. The monoisotopic (exact) mass is 281 g/mol. The number of amides is 1. The molecule has 1 aromatic carbocycles. The van der Waals surface area contributed by atoms with Gasteiger partial charge in [-0.15, -0.1) is 0 Å². The second-order valence-corrected chi connectivity index (χ2v) is 4.98. The van der Waals surface area contributed by atoms with Gasteiger partial charge in [0.05, 0.1) is 18.6 Å². The minimum Gasteiger partial charge on any atom is -0.507 e. The molecule has 2 unspecified atom stereocenters. The largest absolute Gasteiger partial charge is 0.507 e. The normalized spacial score (nSPS) is 21.9. The van der Waals surface area contributed by atoms with Gasteiger partial charge in [0.15, 0.2) is 0 Å². The summed E-state index contributed by atoms with van der Waals surface area (Å²) in [6, 6.07) is 3.25. The number of benzene rings is 1. The highest BCUT2D eigenvalue weighted by molar-refractivity contribution is 5.97. The molecule has 108 valence electrons. The number of hydrogen-bond acceptors (Lipinski definition) is 4. The van der Waals surface area contributed by atoms with E-state index in [1.165, 1.54) is 18.1 Å². The molecule has 1 fully saturated rings. The van der Waals surface area contributed by atoms with Gasteiger partial charge in [0, 0.05) is 19.2 Å². The van der Waals surface area contributed by atoms with Crippen LogP contribution in [-0.4, -0.2) is 42.1 Å². The van der Waals surface area contributed by atoms with Crippen LogP contribution < -0.4 is 0 Å². The molecule has 1 aliphatic rings. The molecule has 1 N–H and O–H groups in total. The maximum Gasteiger partial charge on any atom is 0.310 e. The summed E-state index contributed by atoms with van der Waals surface area (Å²) >= 11 is 0. The van der Waals surface area contributed by atoms with Crippen LogP contribution in [0.25, 0.3) is 0 Å². The molecule has 5 nitrogen and oxygen atoms in total. The first-order valence-corrected chi connectivity index (χ1v) is 6.29. The van der Waals surface area contributed by atoms with E-state index in [-0.39, 0.29) is 29.9 Å². The second kappa shape index (κ2) is 5.48. The summed E-state index contributed by atoms with van der Waals surface area (Å²) in [5, 5.41) is 9.63. The highest BCUT2D eigenvalue weighted by Crippen LogP contribution is 2.27. The number of aromatic hydroxyl groups is 1. The number of hydrogen-bond donors (Lipinski definition) is 1. The molecule has 0 aromatic heterocycles. The Morgan fingerprint density at radius 3 is 2.70 bits per heavy atom. The summed E-state index contributed by atoms with van der Waals surface area (Å²) in [6.45, 7) is 2.50. The number of ether oxygens (including phenoxy) is 1. The first kappa shape index (κ1) is 14.3. The Kier molecular flexibility index (Phi) is 3.92. The van der Waals surface area contributed by atoms with E-state index in [1.807, 2.05) is 6.92 Å². The number of likely N-dealkylation sites (tertiary alicyclic amines) is 1. The van der Waals surface area contributed by atoms with E-state index in [0.717, 1.165) is 12.1 Å². The van der Waals surface area contributed by atoms with Crippen LogP contribution >= 0.6 is 0 Å². The Morgan fingerprint density at radius 1 is 1.40 bits per heavy atom. The Morgan fingerprint density at radius 2 is 2.10 bits per heavy atom. The predicted molar refractivity (Wildman–Crippen MR) is 68.6 cm³/mol. The standard InChI is InChI=1S/C14H16FNO4/c1-8-6-16(7-11(8)14(19)20-2)13(18)10-4-3-9(15)5-12(10)17/h3-5,8,11,17H,6-7H2,1-2H3. The number of rotatable bonds is 2. The van der Waals surface area contributed by atoms with Gasteiger partial charge in [-0.3, -0.25) is 9.59 Å². The summed E-state index contributed by atoms with van der Waals surface area (Å²) in [5.74, 6) is -2.16. The zero-order chi connectivity index (χ0) is 14.9. The van der Waals surface area contributed by atoms with Gasteiger partial charge in [0.1, 0.15) is 11.6 Å². The van der Waals surface area contributed by atoms with Gasteiger partial charge in [-0.05, 0) is 18.1 Å². The summed E-state index contributed by atoms with van der Waals surface area (Å²) in [7, 11) is 1.31. The number of phenols is 1. The number of methoxy groups -OCH3 is 1. The molecule has 1 heterocycles. The highest BCUT2D eigenvalue weighted by Gasteiger charge is 2.38. The van der Waals surface area contributed by atoms with Gasteiger partial charge in [-0.2, -0.15) is 0 Å². The molecule has 0 spiro atoms. The van der Waals surface area contributed by atoms with E-state index in [0.29, 0.717) is 6.54 Å². The summed E-state index contributed by atoms with van der Waals surface area (Å²) in [4.78, 5) is 25.3. The van der Waals surface area contributed by atoms with Gasteiger partial charge in [-0.1, -0.05) is 6.92 Å². The lowest BCUT2D eigenvalue weighted by Crippen LogP contribution is -2.30. The molecule has 0 radical (unpaired) electrons. The molecule has 0 bridgehead atoms. The first-order valence-electron chi connectivity index (χ1n) is 6.29. The zero-order valence-corrected chi connectivity index (χ0v) is 11.3. The fourth-order valence-corrected chi connectivity index (χ4v) is 2.45. The molecule has 20 heavy (non-hydrogen) atoms. The van der Waals surface area contributed by atoms with Crippen molar-refractivity contribution in [2.75, 3.05) is 20.2 Å². The van der Waals surface area contributed by atoms with Crippen LogP contribution in [0.3, 0.4) is 0 Å². The average Bonchev–Trinajstić information content (AvgIpc) is 2.79. The van der Waals surface area contributed by atoms with E-state index in [1.54, 1.807) is 0 Å². The highest BCUT2D eigenvalue weighted by atomic mass is 19.1. The Balaban J connectivity index is 2.17. The summed E-state index contributed by atoms with van der Waals surface area (Å²) in [6.07, 6.45) is 0. The fourth-order valence-electron chi connectivity index (χ4n) is 2.45. The molecule has 1 amide bonds. The molecule has 2 rings (SSSR count). The third-order valence-corrected chi connectivity index (χ3v) is 3.59. The molecule has 1 aliphatic heterocycles. The van der Waals surface area contributed by atoms with Crippen LogP contribution in [0.1, 0.15) is 17.3 Å². The Labute approximate surface area is 116 Å². The van der Waals surface area contributed by atoms with Gasteiger partial charge >= 0.3 is 5.97 Å². The molecule has 0 aliphatic carbocycles. The lowest BCUT2D eigenvalue weighted by Gasteiger charge is -2.16. The van der Waals surface area contributed by atoms with Crippen molar-refractivity contribution in [3.8, 4) is 5.75 Å². The van der Waals surface area contributed by atoms with Crippen LogP contribution in [0.15, 0.2) is 18.2 Å². The Bertz CT molecular complexity index is 546. The first-order chi connectivity index (χ1) is 9.43. The molecule has 2 atom stereocenters. The van der Waals surface area contributed by atoms with E-state index in [9.17, 15) is 19.1 Å². The SMILES string of the molecule is COC(=O)C1CN(C(=O)c2ccc(F)cc2O)CC1C. The van der Waals surface area contributed by atoms with Crippen molar-refractivity contribution in [1.82, 2.24) is 4.90 Å². The van der Waals surface area contributed by atoms with Crippen LogP contribution in [0.5, 0.6) is 5.75 Å². The van der Waals surface area contributed by atoms with Gasteiger partial charge in [0.2, 0.25) is 0 Å². The molecule has 1 aromatic rings. The van der Waals surface area contributed by atoms with Crippen LogP contribution in [0.4, 0.5) is 4.39 Å². The number of halogens is 1. The molecular formula is C14H16FNO4. The summed E-state index contributed by atoms with van der Waals surface area (Å²) < 4.78 is 17.6. The number of nitrogens with zero attached hydrogens (tertiary/aromatic N) is 1. The lowest BCUT2D eigenvalue weighted by atomic mass is 9.99. The molecule has 6 heteroatoms. The third kappa shape index (κ3) is 2.59. The second-order valence-electron chi connectivity index (χ2n) is 4.98. The summed E-state index contributed by atoms with van der Waals surface area (Å²) in [5.41, 5.74) is 0.0316. The van der Waals surface area contributed by atoms with E-state index in [4.69, 9.17) is 4.74 Å². The maximum absolute atomic E-state index is 12.9. The topological polar surface area (TPSA) is 66.8 Å². The Hall–Kier alpha value is -2.11. The van der Waals surface area contributed by atoms with Crippen molar-refractivity contribution < 1.29 is 23.8 Å². The van der Waals surface area contributed by atoms with Gasteiger partial charge in [-0.25, -0.2) is 4.39 Å². The number of esters is 1. The minimum atomic E-state index is -0.610. The predicted octanol–water partition coefficient (Wildman–Crippen LogP) is 1.41. The number of phenolic OH excluding ortho intramolecular Hbond substituents is 1. The van der Waals surface area contributed by atoms with Crippen LogP contribution in [0, 0.1) is 17.7 Å². The van der Waals surface area contributed by atoms with Crippen molar-refractivity contribution in [2.45, 2.75) is 6.92 Å². The van der Waals surface area contributed by atoms with Crippen molar-refractivity contribution in [3.63, 3.8) is 0 Å². The molecule has 1 saturated heterocycles. The quantitative estimate of drug-likeness (QED) is 0.832. The van der Waals surface area contributed by atoms with E-state index in [2.05, 4.69) is 0 Å². The van der Waals surface area contributed by atoms with E-state index >= 15 is 0 Å². The number of carbonyl (C=O) groups excluding carboxylic acids is 2. The van der Waals surface area contributed by atoms with Crippen LogP contribution in [0.2, 0.25) is 0 Å². The molecular weight excluding hydrogens is 265 g/mol.